The first kappa shape index (κ1) is 21.4. The first-order valence-corrected chi connectivity index (χ1v) is 11.4. The Balaban J connectivity index is 1.58. The lowest BCUT2D eigenvalue weighted by atomic mass is 10.1. The molecule has 9 nitrogen and oxygen atoms in total. The van der Waals surface area contributed by atoms with E-state index >= 15 is 0 Å². The van der Waals surface area contributed by atoms with Crippen molar-refractivity contribution in [1.82, 2.24) is 25.5 Å². The zero-order chi connectivity index (χ0) is 21.6. The van der Waals surface area contributed by atoms with Crippen molar-refractivity contribution in [3.63, 3.8) is 0 Å². The number of rotatable bonds is 7. The lowest BCUT2D eigenvalue weighted by Crippen LogP contribution is -2.36. The summed E-state index contributed by atoms with van der Waals surface area (Å²) in [6.45, 7) is 2.55. The van der Waals surface area contributed by atoms with Gasteiger partial charge >= 0.3 is 0 Å². The Morgan fingerprint density at radius 1 is 1.26 bits per heavy atom. The molecule has 3 aromatic rings. The average molecular weight is 502 g/mol. The van der Waals surface area contributed by atoms with Crippen molar-refractivity contribution in [3.8, 4) is 28.8 Å². The van der Waals surface area contributed by atoms with Crippen molar-refractivity contribution >= 4 is 39.3 Å². The zero-order valence-electron chi connectivity index (χ0n) is 16.7. The topological polar surface area (TPSA) is 121 Å². The van der Waals surface area contributed by atoms with E-state index in [0.717, 1.165) is 34.6 Å². The van der Waals surface area contributed by atoms with Gasteiger partial charge in [0.1, 0.15) is 30.0 Å². The third kappa shape index (κ3) is 5.28. The summed E-state index contributed by atoms with van der Waals surface area (Å²) in [7, 11) is 1.62. The van der Waals surface area contributed by atoms with Gasteiger partial charge < -0.3 is 20.1 Å². The summed E-state index contributed by atoms with van der Waals surface area (Å²) in [5, 5.41) is 23.0. The van der Waals surface area contributed by atoms with Crippen molar-refractivity contribution in [2.24, 2.45) is 0 Å². The van der Waals surface area contributed by atoms with Gasteiger partial charge in [0.05, 0.1) is 36.0 Å². The molecular weight excluding hydrogens is 482 g/mol. The molecule has 0 aliphatic carbocycles. The number of aromatic amines is 1. The number of halogens is 1. The fourth-order valence-corrected chi connectivity index (χ4v) is 4.51. The van der Waals surface area contributed by atoms with E-state index in [1.54, 1.807) is 7.11 Å². The molecule has 3 heterocycles. The number of thioether (sulfide) groups is 1. The van der Waals surface area contributed by atoms with Crippen LogP contribution < -0.4 is 20.1 Å². The SMILES string of the molecule is COc1cc(Br)cc(OC[C@H]2CNCCS2)c1-c1cc(Nc2cnc(C#N)cn2)n[nH]1. The second-order valence-electron chi connectivity index (χ2n) is 6.68. The number of nitrogens with zero attached hydrogens (tertiary/aromatic N) is 4. The Hall–Kier alpha value is -2.81. The molecule has 3 N–H and O–H groups in total. The van der Waals surface area contributed by atoms with Gasteiger partial charge in [-0.15, -0.1) is 0 Å². The van der Waals surface area contributed by atoms with Gasteiger partial charge in [-0.05, 0) is 12.1 Å². The molecule has 0 unspecified atom stereocenters. The molecule has 0 amide bonds. The van der Waals surface area contributed by atoms with Crippen LogP contribution in [0.1, 0.15) is 5.69 Å². The lowest BCUT2D eigenvalue weighted by Gasteiger charge is -2.23. The number of H-pyrrole nitrogens is 1. The number of ether oxygens (including phenoxy) is 2. The van der Waals surface area contributed by atoms with Gasteiger partial charge in [-0.2, -0.15) is 22.1 Å². The minimum atomic E-state index is 0.251. The van der Waals surface area contributed by atoms with Gasteiger partial charge in [-0.3, -0.25) is 5.10 Å². The number of anilines is 2. The molecule has 1 aromatic carbocycles. The van der Waals surface area contributed by atoms with E-state index in [1.165, 1.54) is 12.4 Å². The molecule has 1 aliphatic rings. The molecule has 1 aliphatic heterocycles. The average Bonchev–Trinajstić information content (AvgIpc) is 3.26. The standard InChI is InChI=1S/C20H20BrN7O2S/c1-29-16-4-12(21)5-17(30-11-14-9-23-2-3-31-14)20(16)15-6-18(28-27-15)26-19-10-24-13(7-22)8-25-19/h4-6,8,10,14,23H,2-3,9,11H2,1H3,(H2,25,26,27,28)/t14-/m1/s1. The molecule has 4 rings (SSSR count). The third-order valence-electron chi connectivity index (χ3n) is 4.55. The Morgan fingerprint density at radius 3 is 2.84 bits per heavy atom. The number of nitriles is 1. The number of hydrogen-bond acceptors (Lipinski definition) is 9. The van der Waals surface area contributed by atoms with Crippen molar-refractivity contribution < 1.29 is 9.47 Å². The van der Waals surface area contributed by atoms with Crippen LogP contribution in [0, 0.1) is 11.3 Å². The maximum absolute atomic E-state index is 8.85. The van der Waals surface area contributed by atoms with E-state index in [-0.39, 0.29) is 5.69 Å². The fraction of sp³-hybridized carbons (Fsp3) is 0.300. The highest BCUT2D eigenvalue weighted by molar-refractivity contribution is 9.10. The van der Waals surface area contributed by atoms with Crippen LogP contribution in [-0.2, 0) is 0 Å². The summed E-state index contributed by atoms with van der Waals surface area (Å²) in [6.07, 6.45) is 2.88. The van der Waals surface area contributed by atoms with Crippen LogP contribution in [0.2, 0.25) is 0 Å². The molecular formula is C20H20BrN7O2S. The summed E-state index contributed by atoms with van der Waals surface area (Å²) in [4.78, 5) is 8.16. The molecule has 0 saturated carbocycles. The van der Waals surface area contributed by atoms with Crippen LogP contribution in [-0.4, -0.2) is 58.0 Å². The lowest BCUT2D eigenvalue weighted by molar-refractivity contribution is 0.311. The molecule has 11 heteroatoms. The quantitative estimate of drug-likeness (QED) is 0.447. The summed E-state index contributed by atoms with van der Waals surface area (Å²) >= 11 is 5.45. The Kier molecular flexibility index (Phi) is 6.91. The van der Waals surface area contributed by atoms with Crippen molar-refractivity contribution in [2.45, 2.75) is 5.25 Å². The monoisotopic (exact) mass is 501 g/mol. The summed E-state index contributed by atoms with van der Waals surface area (Å²) in [6, 6.07) is 7.60. The normalized spacial score (nSPS) is 15.8. The number of benzene rings is 1. The predicted molar refractivity (Wildman–Crippen MR) is 123 cm³/mol. The fourth-order valence-electron chi connectivity index (χ4n) is 3.10. The van der Waals surface area contributed by atoms with Crippen molar-refractivity contribution in [3.05, 3.63) is 40.8 Å². The van der Waals surface area contributed by atoms with Crippen LogP contribution in [0.5, 0.6) is 11.5 Å². The third-order valence-corrected chi connectivity index (χ3v) is 6.22. The van der Waals surface area contributed by atoms with E-state index in [1.807, 2.05) is 36.0 Å². The number of aromatic nitrogens is 4. The second-order valence-corrected chi connectivity index (χ2v) is 9.00. The molecule has 1 saturated heterocycles. The highest BCUT2D eigenvalue weighted by atomic mass is 79.9. The predicted octanol–water partition coefficient (Wildman–Crippen LogP) is 3.34. The largest absolute Gasteiger partial charge is 0.496 e. The maximum Gasteiger partial charge on any atom is 0.158 e. The van der Waals surface area contributed by atoms with Gasteiger partial charge in [0, 0.05) is 29.4 Å². The van der Waals surface area contributed by atoms with Gasteiger partial charge in [0.15, 0.2) is 11.5 Å². The summed E-state index contributed by atoms with van der Waals surface area (Å²) < 4.78 is 12.7. The van der Waals surface area contributed by atoms with E-state index in [4.69, 9.17) is 14.7 Å². The van der Waals surface area contributed by atoms with Crippen LogP contribution in [0.3, 0.4) is 0 Å². The van der Waals surface area contributed by atoms with E-state index in [9.17, 15) is 0 Å². The molecule has 0 spiro atoms. The Labute approximate surface area is 192 Å². The van der Waals surface area contributed by atoms with Crippen LogP contribution in [0.25, 0.3) is 11.3 Å². The van der Waals surface area contributed by atoms with Crippen LogP contribution in [0.15, 0.2) is 35.1 Å². The van der Waals surface area contributed by atoms with Gasteiger partial charge in [-0.25, -0.2) is 9.97 Å². The summed E-state index contributed by atoms with van der Waals surface area (Å²) in [5.74, 6) is 3.48. The first-order valence-electron chi connectivity index (χ1n) is 9.54. The zero-order valence-corrected chi connectivity index (χ0v) is 19.1. The minimum absolute atomic E-state index is 0.251. The number of nitrogens with one attached hydrogen (secondary N) is 3. The van der Waals surface area contributed by atoms with Crippen molar-refractivity contribution in [1.29, 1.82) is 5.26 Å². The van der Waals surface area contributed by atoms with Gasteiger partial charge in [-0.1, -0.05) is 15.9 Å². The van der Waals surface area contributed by atoms with Crippen molar-refractivity contribution in [2.75, 3.05) is 37.9 Å². The maximum atomic E-state index is 8.85. The first-order chi connectivity index (χ1) is 15.2. The molecule has 31 heavy (non-hydrogen) atoms. The molecule has 160 valence electrons. The van der Waals surface area contributed by atoms with E-state index in [0.29, 0.717) is 35.0 Å². The Morgan fingerprint density at radius 2 is 2.13 bits per heavy atom. The highest BCUT2D eigenvalue weighted by Gasteiger charge is 2.20. The Bertz CT molecular complexity index is 1080. The minimum Gasteiger partial charge on any atom is -0.496 e. The molecule has 0 bridgehead atoms. The van der Waals surface area contributed by atoms with E-state index < -0.39 is 0 Å². The summed E-state index contributed by atoms with van der Waals surface area (Å²) in [5.41, 5.74) is 1.77. The molecule has 1 fully saturated rings. The highest BCUT2D eigenvalue weighted by Crippen LogP contribution is 2.41. The number of methoxy groups -OCH3 is 1. The second kappa shape index (κ2) is 10.00. The van der Waals surface area contributed by atoms with Crippen LogP contribution >= 0.6 is 27.7 Å². The smallest absolute Gasteiger partial charge is 0.158 e. The van der Waals surface area contributed by atoms with E-state index in [2.05, 4.69) is 46.7 Å². The van der Waals surface area contributed by atoms with Gasteiger partial charge in [0.25, 0.3) is 0 Å². The molecule has 0 radical (unpaired) electrons. The van der Waals surface area contributed by atoms with Gasteiger partial charge in [0.2, 0.25) is 0 Å². The van der Waals surface area contributed by atoms with Crippen LogP contribution in [0.4, 0.5) is 11.6 Å². The molecule has 2 aromatic heterocycles. The molecule has 1 atom stereocenters. The number of hydrogen-bond donors (Lipinski definition) is 3.